The molecule has 1 heteroatoms. The number of benzene rings is 2. The number of aryl methyl sites for hydroxylation is 2. The average Bonchev–Trinajstić information content (AvgIpc) is 2.40. The van der Waals surface area contributed by atoms with E-state index in [2.05, 4.69) is 36.4 Å². The molecule has 0 aliphatic carbocycles. The Kier molecular flexibility index (Phi) is 4.30. The van der Waals surface area contributed by atoms with E-state index in [9.17, 15) is 4.79 Å². The summed E-state index contributed by atoms with van der Waals surface area (Å²) in [5, 5.41) is 0. The summed E-state index contributed by atoms with van der Waals surface area (Å²) in [7, 11) is 0. The first kappa shape index (κ1) is 12.6. The predicted molar refractivity (Wildman–Crippen MR) is 74.9 cm³/mol. The molecule has 92 valence electrons. The second-order valence-corrected chi connectivity index (χ2v) is 4.59. The Bertz CT molecular complexity index is 497. The summed E-state index contributed by atoms with van der Waals surface area (Å²) in [5.74, 6) is 0.130. The highest BCUT2D eigenvalue weighted by Gasteiger charge is 1.99. The van der Waals surface area contributed by atoms with Crippen molar-refractivity contribution in [2.75, 3.05) is 0 Å². The number of carbonyl (C=O) groups is 1. The smallest absolute Gasteiger partial charge is 0.159 e. The van der Waals surface area contributed by atoms with E-state index in [1.54, 1.807) is 6.92 Å². The summed E-state index contributed by atoms with van der Waals surface area (Å²) in [6.07, 6.45) is 3.31. The van der Waals surface area contributed by atoms with Gasteiger partial charge in [-0.3, -0.25) is 4.79 Å². The van der Waals surface area contributed by atoms with Crippen LogP contribution in [-0.4, -0.2) is 5.78 Å². The zero-order valence-electron chi connectivity index (χ0n) is 10.7. The maximum absolute atomic E-state index is 11.2. The van der Waals surface area contributed by atoms with Gasteiger partial charge in [-0.25, -0.2) is 0 Å². The highest BCUT2D eigenvalue weighted by molar-refractivity contribution is 5.93. The van der Waals surface area contributed by atoms with Crippen molar-refractivity contribution in [1.82, 2.24) is 0 Å². The fourth-order valence-corrected chi connectivity index (χ4v) is 2.05. The zero-order valence-corrected chi connectivity index (χ0v) is 10.7. The number of ketones is 1. The lowest BCUT2D eigenvalue weighted by atomic mass is 10.0. The Balaban J connectivity index is 1.85. The molecule has 0 N–H and O–H groups in total. The van der Waals surface area contributed by atoms with Crippen LogP contribution in [0.15, 0.2) is 54.6 Å². The fraction of sp³-hybridized carbons (Fsp3) is 0.235. The summed E-state index contributed by atoms with van der Waals surface area (Å²) in [6, 6.07) is 18.5. The lowest BCUT2D eigenvalue weighted by molar-refractivity contribution is 0.101. The summed E-state index contributed by atoms with van der Waals surface area (Å²) in [5.41, 5.74) is 3.48. The van der Waals surface area contributed by atoms with Crippen molar-refractivity contribution >= 4 is 5.78 Å². The Morgan fingerprint density at radius 3 is 1.94 bits per heavy atom. The molecule has 0 atom stereocenters. The first-order chi connectivity index (χ1) is 8.75. The van der Waals surface area contributed by atoms with Gasteiger partial charge in [0.1, 0.15) is 0 Å². The van der Waals surface area contributed by atoms with Gasteiger partial charge in [0.05, 0.1) is 0 Å². The van der Waals surface area contributed by atoms with E-state index in [0.717, 1.165) is 24.8 Å². The topological polar surface area (TPSA) is 17.1 Å². The Labute approximate surface area is 108 Å². The van der Waals surface area contributed by atoms with Crippen molar-refractivity contribution in [3.8, 4) is 0 Å². The largest absolute Gasteiger partial charge is 0.295 e. The molecule has 0 bridgehead atoms. The van der Waals surface area contributed by atoms with Gasteiger partial charge in [-0.05, 0) is 37.3 Å². The van der Waals surface area contributed by atoms with Gasteiger partial charge in [-0.15, -0.1) is 0 Å². The minimum absolute atomic E-state index is 0.130. The highest BCUT2D eigenvalue weighted by Crippen LogP contribution is 2.10. The molecule has 2 aromatic rings. The van der Waals surface area contributed by atoms with Crippen LogP contribution in [-0.2, 0) is 12.8 Å². The molecule has 18 heavy (non-hydrogen) atoms. The third-order valence-electron chi connectivity index (χ3n) is 3.13. The van der Waals surface area contributed by atoms with Gasteiger partial charge < -0.3 is 0 Å². The molecule has 0 saturated heterocycles. The minimum Gasteiger partial charge on any atom is -0.295 e. The van der Waals surface area contributed by atoms with Gasteiger partial charge >= 0.3 is 0 Å². The SMILES string of the molecule is CC(=O)c1ccc(CCCc2ccccc2)cc1. The molecule has 0 unspecified atom stereocenters. The van der Waals surface area contributed by atoms with Crippen molar-refractivity contribution in [1.29, 1.82) is 0 Å². The van der Waals surface area contributed by atoms with E-state index in [1.165, 1.54) is 11.1 Å². The molecule has 0 aliphatic heterocycles. The third kappa shape index (κ3) is 3.56. The molecule has 2 aromatic carbocycles. The van der Waals surface area contributed by atoms with Crippen LogP contribution in [0.1, 0.15) is 34.8 Å². The fourth-order valence-electron chi connectivity index (χ4n) is 2.05. The molecule has 1 nitrogen and oxygen atoms in total. The lowest BCUT2D eigenvalue weighted by Crippen LogP contribution is -1.93. The van der Waals surface area contributed by atoms with E-state index in [-0.39, 0.29) is 5.78 Å². The van der Waals surface area contributed by atoms with E-state index in [1.807, 2.05) is 18.2 Å². The molecule has 0 aromatic heterocycles. The van der Waals surface area contributed by atoms with Crippen LogP contribution in [0.2, 0.25) is 0 Å². The molecule has 0 aliphatic rings. The summed E-state index contributed by atoms with van der Waals surface area (Å²) < 4.78 is 0. The Morgan fingerprint density at radius 2 is 1.39 bits per heavy atom. The van der Waals surface area contributed by atoms with Gasteiger partial charge in [-0.1, -0.05) is 54.6 Å². The number of hydrogen-bond donors (Lipinski definition) is 0. The van der Waals surface area contributed by atoms with Crippen molar-refractivity contribution in [3.63, 3.8) is 0 Å². The van der Waals surface area contributed by atoms with Gasteiger partial charge in [0, 0.05) is 5.56 Å². The van der Waals surface area contributed by atoms with Crippen LogP contribution in [0.4, 0.5) is 0 Å². The summed E-state index contributed by atoms with van der Waals surface area (Å²) in [6.45, 7) is 1.60. The number of rotatable bonds is 5. The molecule has 0 amide bonds. The Morgan fingerprint density at radius 1 is 0.833 bits per heavy atom. The highest BCUT2D eigenvalue weighted by atomic mass is 16.1. The van der Waals surface area contributed by atoms with Crippen LogP contribution >= 0.6 is 0 Å². The van der Waals surface area contributed by atoms with Crippen molar-refractivity contribution < 1.29 is 4.79 Å². The van der Waals surface area contributed by atoms with Crippen LogP contribution < -0.4 is 0 Å². The number of hydrogen-bond acceptors (Lipinski definition) is 1. The first-order valence-electron chi connectivity index (χ1n) is 6.39. The lowest BCUT2D eigenvalue weighted by Gasteiger charge is -2.03. The van der Waals surface area contributed by atoms with Gasteiger partial charge in [0.15, 0.2) is 5.78 Å². The summed E-state index contributed by atoms with van der Waals surface area (Å²) >= 11 is 0. The Hall–Kier alpha value is -1.89. The maximum Gasteiger partial charge on any atom is 0.159 e. The van der Waals surface area contributed by atoms with Crippen molar-refractivity contribution in [2.24, 2.45) is 0 Å². The van der Waals surface area contributed by atoms with E-state index >= 15 is 0 Å². The van der Waals surface area contributed by atoms with Crippen molar-refractivity contribution in [3.05, 3.63) is 71.3 Å². The molecule has 0 heterocycles. The molecule has 0 saturated carbocycles. The normalized spacial score (nSPS) is 10.3. The second kappa shape index (κ2) is 6.15. The molecule has 0 fully saturated rings. The number of Topliss-reactive ketones (excluding diaryl/α,β-unsaturated/α-hetero) is 1. The van der Waals surface area contributed by atoms with Crippen molar-refractivity contribution in [2.45, 2.75) is 26.2 Å². The van der Waals surface area contributed by atoms with E-state index < -0.39 is 0 Å². The minimum atomic E-state index is 0.130. The summed E-state index contributed by atoms with van der Waals surface area (Å²) in [4.78, 5) is 11.2. The monoisotopic (exact) mass is 238 g/mol. The predicted octanol–water partition coefficient (Wildman–Crippen LogP) is 4.06. The van der Waals surface area contributed by atoms with E-state index in [4.69, 9.17) is 0 Å². The molecule has 2 rings (SSSR count). The van der Waals surface area contributed by atoms with Gasteiger partial charge in [0.25, 0.3) is 0 Å². The second-order valence-electron chi connectivity index (χ2n) is 4.59. The average molecular weight is 238 g/mol. The molecule has 0 spiro atoms. The quantitative estimate of drug-likeness (QED) is 0.718. The van der Waals surface area contributed by atoms with Crippen LogP contribution in [0.5, 0.6) is 0 Å². The zero-order chi connectivity index (χ0) is 12.8. The molecular weight excluding hydrogens is 220 g/mol. The van der Waals surface area contributed by atoms with E-state index in [0.29, 0.717) is 0 Å². The standard InChI is InChI=1S/C17H18O/c1-14(18)17-12-10-16(11-13-17)9-5-8-15-6-3-2-4-7-15/h2-4,6-7,10-13H,5,8-9H2,1H3. The maximum atomic E-state index is 11.2. The first-order valence-corrected chi connectivity index (χ1v) is 6.39. The molecular formula is C17H18O. The number of carbonyl (C=O) groups excluding carboxylic acids is 1. The van der Waals surface area contributed by atoms with Crippen LogP contribution in [0.3, 0.4) is 0 Å². The van der Waals surface area contributed by atoms with Gasteiger partial charge in [0.2, 0.25) is 0 Å². The van der Waals surface area contributed by atoms with Crippen LogP contribution in [0, 0.1) is 0 Å². The van der Waals surface area contributed by atoms with Gasteiger partial charge in [-0.2, -0.15) is 0 Å². The third-order valence-corrected chi connectivity index (χ3v) is 3.13. The van der Waals surface area contributed by atoms with Crippen LogP contribution in [0.25, 0.3) is 0 Å². The molecule has 0 radical (unpaired) electrons.